The monoisotopic (exact) mass is 292 g/mol. The van der Waals surface area contributed by atoms with Gasteiger partial charge in [-0.05, 0) is 51.4 Å². The molecule has 3 nitrogen and oxygen atoms in total. The van der Waals surface area contributed by atoms with E-state index >= 15 is 0 Å². The molecule has 1 saturated heterocycles. The molecule has 2 rings (SSSR count). The van der Waals surface area contributed by atoms with Crippen LogP contribution in [0.15, 0.2) is 24.3 Å². The lowest BCUT2D eigenvalue weighted by Gasteiger charge is -2.37. The van der Waals surface area contributed by atoms with Crippen LogP contribution in [0, 0.1) is 5.82 Å². The summed E-state index contributed by atoms with van der Waals surface area (Å²) in [5.41, 5.74) is 0.631. The summed E-state index contributed by atoms with van der Waals surface area (Å²) in [6.07, 6.45) is 4.22. The number of halogens is 1. The Bertz CT molecular complexity index is 476. The number of nitrogens with zero attached hydrogens (tertiary/aromatic N) is 2. The van der Waals surface area contributed by atoms with Crippen LogP contribution in [-0.2, 0) is 11.2 Å². The van der Waals surface area contributed by atoms with E-state index in [1.807, 2.05) is 25.1 Å². The molecule has 0 spiro atoms. The maximum Gasteiger partial charge on any atom is 0.223 e. The second-order valence-corrected chi connectivity index (χ2v) is 6.09. The molecule has 1 aliphatic rings. The van der Waals surface area contributed by atoms with Gasteiger partial charge in [-0.2, -0.15) is 0 Å². The predicted molar refractivity (Wildman–Crippen MR) is 82.6 cm³/mol. The summed E-state index contributed by atoms with van der Waals surface area (Å²) in [5.74, 6) is -0.0569. The molecule has 0 bridgehead atoms. The van der Waals surface area contributed by atoms with Gasteiger partial charge in [0.05, 0.1) is 0 Å². The normalized spacial score (nSPS) is 19.0. The first-order valence-electron chi connectivity index (χ1n) is 7.75. The fourth-order valence-electron chi connectivity index (χ4n) is 3.03. The minimum absolute atomic E-state index is 0.157. The number of carbonyl (C=O) groups excluding carboxylic acids is 1. The number of likely N-dealkylation sites (N-methyl/N-ethyl adjacent to an activating group) is 1. The highest BCUT2D eigenvalue weighted by molar-refractivity contribution is 5.77. The minimum Gasteiger partial charge on any atom is -0.338 e. The molecule has 1 heterocycles. The van der Waals surface area contributed by atoms with Crippen LogP contribution in [0.5, 0.6) is 0 Å². The molecule has 1 atom stereocenters. The van der Waals surface area contributed by atoms with E-state index in [1.54, 1.807) is 12.1 Å². The lowest BCUT2D eigenvalue weighted by Crippen LogP contribution is -2.48. The molecular weight excluding hydrogens is 267 g/mol. The van der Waals surface area contributed by atoms with Gasteiger partial charge in [-0.25, -0.2) is 4.39 Å². The predicted octanol–water partition coefficient (Wildman–Crippen LogP) is 2.70. The van der Waals surface area contributed by atoms with Crippen molar-refractivity contribution in [3.63, 3.8) is 0 Å². The molecule has 0 unspecified atom stereocenters. The van der Waals surface area contributed by atoms with Crippen LogP contribution < -0.4 is 0 Å². The van der Waals surface area contributed by atoms with E-state index in [4.69, 9.17) is 0 Å². The molecule has 0 aromatic heterocycles. The van der Waals surface area contributed by atoms with Gasteiger partial charge in [0, 0.05) is 25.6 Å². The van der Waals surface area contributed by atoms with Gasteiger partial charge in [-0.1, -0.05) is 18.2 Å². The molecule has 0 saturated carbocycles. The van der Waals surface area contributed by atoms with E-state index in [-0.39, 0.29) is 11.7 Å². The number of hydrogen-bond acceptors (Lipinski definition) is 2. The van der Waals surface area contributed by atoms with Crippen molar-refractivity contribution >= 4 is 5.91 Å². The average Bonchev–Trinajstić information content (AvgIpc) is 2.46. The highest BCUT2D eigenvalue weighted by Gasteiger charge is 2.26. The summed E-state index contributed by atoms with van der Waals surface area (Å²) < 4.78 is 13.6. The highest BCUT2D eigenvalue weighted by Crippen LogP contribution is 2.19. The number of likely N-dealkylation sites (tertiary alicyclic amines) is 1. The van der Waals surface area contributed by atoms with Crippen LogP contribution in [0.4, 0.5) is 4.39 Å². The van der Waals surface area contributed by atoms with E-state index in [1.165, 1.54) is 12.5 Å². The lowest BCUT2D eigenvalue weighted by molar-refractivity contribution is -0.135. The number of hydrogen-bond donors (Lipinski definition) is 0. The Balaban J connectivity index is 1.93. The molecule has 21 heavy (non-hydrogen) atoms. The van der Waals surface area contributed by atoms with E-state index in [2.05, 4.69) is 4.90 Å². The molecular formula is C17H25FN2O. The van der Waals surface area contributed by atoms with Crippen molar-refractivity contribution in [2.75, 3.05) is 27.2 Å². The maximum absolute atomic E-state index is 13.6. The molecule has 0 N–H and O–H groups in total. The van der Waals surface area contributed by atoms with Crippen molar-refractivity contribution in [3.8, 4) is 0 Å². The molecule has 1 aliphatic heterocycles. The van der Waals surface area contributed by atoms with Gasteiger partial charge in [-0.3, -0.25) is 4.79 Å². The van der Waals surface area contributed by atoms with Gasteiger partial charge in [0.25, 0.3) is 0 Å². The first-order valence-corrected chi connectivity index (χ1v) is 7.75. The summed E-state index contributed by atoms with van der Waals surface area (Å²) in [6.45, 7) is 1.75. The van der Waals surface area contributed by atoms with E-state index < -0.39 is 0 Å². The highest BCUT2D eigenvalue weighted by atomic mass is 19.1. The second-order valence-electron chi connectivity index (χ2n) is 6.09. The summed E-state index contributed by atoms with van der Waals surface area (Å²) in [7, 11) is 4.08. The Morgan fingerprint density at radius 1 is 1.33 bits per heavy atom. The van der Waals surface area contributed by atoms with Gasteiger partial charge in [0.15, 0.2) is 0 Å². The van der Waals surface area contributed by atoms with Crippen molar-refractivity contribution in [1.29, 1.82) is 0 Å². The SMILES string of the molecule is CN(C)C[C@@H]1CCCCN1C(=O)CCc1ccccc1F. The third-order valence-corrected chi connectivity index (χ3v) is 4.09. The molecule has 4 heteroatoms. The van der Waals surface area contributed by atoms with Crippen molar-refractivity contribution in [3.05, 3.63) is 35.6 Å². The zero-order chi connectivity index (χ0) is 15.2. The van der Waals surface area contributed by atoms with Crippen LogP contribution in [0.3, 0.4) is 0 Å². The quantitative estimate of drug-likeness (QED) is 0.833. The van der Waals surface area contributed by atoms with Crippen LogP contribution >= 0.6 is 0 Å². The fraction of sp³-hybridized carbons (Fsp3) is 0.588. The number of rotatable bonds is 5. The van der Waals surface area contributed by atoms with Crippen molar-refractivity contribution < 1.29 is 9.18 Å². The zero-order valence-corrected chi connectivity index (χ0v) is 13.0. The summed E-state index contributed by atoms with van der Waals surface area (Å²) in [5, 5.41) is 0. The number of piperidine rings is 1. The first-order chi connectivity index (χ1) is 10.1. The molecule has 1 aromatic rings. The third-order valence-electron chi connectivity index (χ3n) is 4.09. The molecule has 0 radical (unpaired) electrons. The molecule has 116 valence electrons. The van der Waals surface area contributed by atoms with E-state index in [9.17, 15) is 9.18 Å². The Kier molecular flexibility index (Phi) is 5.74. The zero-order valence-electron chi connectivity index (χ0n) is 13.0. The number of amides is 1. The van der Waals surface area contributed by atoms with Gasteiger partial charge in [0.1, 0.15) is 5.82 Å². The minimum atomic E-state index is -0.214. The number of carbonyl (C=O) groups is 1. The summed E-state index contributed by atoms with van der Waals surface area (Å²) >= 11 is 0. The Morgan fingerprint density at radius 2 is 2.10 bits per heavy atom. The van der Waals surface area contributed by atoms with E-state index in [0.717, 1.165) is 25.9 Å². The smallest absolute Gasteiger partial charge is 0.223 e. The van der Waals surface area contributed by atoms with Crippen LogP contribution in [0.25, 0.3) is 0 Å². The molecule has 0 aliphatic carbocycles. The van der Waals surface area contributed by atoms with Gasteiger partial charge < -0.3 is 9.80 Å². The second kappa shape index (κ2) is 7.55. The third kappa shape index (κ3) is 4.53. The summed E-state index contributed by atoms with van der Waals surface area (Å²) in [4.78, 5) is 16.6. The van der Waals surface area contributed by atoms with Crippen molar-refractivity contribution in [2.24, 2.45) is 0 Å². The number of benzene rings is 1. The van der Waals surface area contributed by atoms with Crippen LogP contribution in [-0.4, -0.2) is 48.9 Å². The van der Waals surface area contributed by atoms with Crippen LogP contribution in [0.1, 0.15) is 31.2 Å². The largest absolute Gasteiger partial charge is 0.338 e. The standard InChI is InChI=1S/C17H25FN2O/c1-19(2)13-15-8-5-6-12-20(15)17(21)11-10-14-7-3-4-9-16(14)18/h3-4,7,9,15H,5-6,8,10-13H2,1-2H3/t15-/m0/s1. The average molecular weight is 292 g/mol. The Labute approximate surface area is 126 Å². The molecule has 1 amide bonds. The number of aryl methyl sites for hydroxylation is 1. The van der Waals surface area contributed by atoms with Crippen molar-refractivity contribution in [2.45, 2.75) is 38.1 Å². The van der Waals surface area contributed by atoms with Crippen LogP contribution in [0.2, 0.25) is 0 Å². The van der Waals surface area contributed by atoms with Crippen molar-refractivity contribution in [1.82, 2.24) is 9.80 Å². The fourth-order valence-corrected chi connectivity index (χ4v) is 3.03. The first kappa shape index (κ1) is 16.0. The summed E-state index contributed by atoms with van der Waals surface area (Å²) in [6, 6.07) is 7.02. The lowest BCUT2D eigenvalue weighted by atomic mass is 10.0. The Hall–Kier alpha value is -1.42. The topological polar surface area (TPSA) is 23.6 Å². The molecule has 1 fully saturated rings. The Morgan fingerprint density at radius 3 is 2.81 bits per heavy atom. The van der Waals surface area contributed by atoms with Gasteiger partial charge in [-0.15, -0.1) is 0 Å². The van der Waals surface area contributed by atoms with Gasteiger partial charge in [0.2, 0.25) is 5.91 Å². The maximum atomic E-state index is 13.6. The van der Waals surface area contributed by atoms with E-state index in [0.29, 0.717) is 24.4 Å². The van der Waals surface area contributed by atoms with Gasteiger partial charge >= 0.3 is 0 Å². The molecule has 1 aromatic carbocycles.